The molecule has 0 aromatic rings. The molecule has 0 amide bonds. The summed E-state index contributed by atoms with van der Waals surface area (Å²) in [6.07, 6.45) is -1.95. The van der Waals surface area contributed by atoms with Crippen LogP contribution in [0.25, 0.3) is 0 Å². The topological polar surface area (TPSA) is 73.8 Å². The standard InChI is InChI=1S/C14H27F3N4O2S.HI/c1-4-18-13(19-11(2)6-8-24(3,22)23)20-12-5-7-21(9-12)10-14(15,16)17;/h11-12H,4-10H2,1-3H3,(H2,18,19,20);1H. The Morgan fingerprint density at radius 3 is 2.56 bits per heavy atom. The molecule has 2 N–H and O–H groups in total. The zero-order chi connectivity index (χ0) is 18.4. The fourth-order valence-electron chi connectivity index (χ4n) is 2.53. The van der Waals surface area contributed by atoms with Crippen molar-refractivity contribution in [2.75, 3.05) is 38.2 Å². The first-order chi connectivity index (χ1) is 11.0. The molecule has 0 aliphatic carbocycles. The maximum Gasteiger partial charge on any atom is 0.401 e. The third-order valence-corrected chi connectivity index (χ3v) is 4.61. The number of hydrogen-bond acceptors (Lipinski definition) is 4. The molecule has 2 atom stereocenters. The van der Waals surface area contributed by atoms with Gasteiger partial charge in [-0.2, -0.15) is 13.2 Å². The fraction of sp³-hybridized carbons (Fsp3) is 0.929. The lowest BCUT2D eigenvalue weighted by atomic mass is 10.2. The van der Waals surface area contributed by atoms with Crippen LogP contribution >= 0.6 is 24.0 Å². The van der Waals surface area contributed by atoms with Crippen molar-refractivity contribution in [1.29, 1.82) is 0 Å². The molecule has 6 nitrogen and oxygen atoms in total. The fourth-order valence-corrected chi connectivity index (χ4v) is 3.31. The molecule has 0 radical (unpaired) electrons. The van der Waals surface area contributed by atoms with E-state index in [9.17, 15) is 21.6 Å². The van der Waals surface area contributed by atoms with Crippen LogP contribution < -0.4 is 10.6 Å². The maximum absolute atomic E-state index is 12.4. The summed E-state index contributed by atoms with van der Waals surface area (Å²) in [5.41, 5.74) is 0. The molecule has 150 valence electrons. The molecule has 1 fully saturated rings. The van der Waals surface area contributed by atoms with Gasteiger partial charge in [0.25, 0.3) is 0 Å². The van der Waals surface area contributed by atoms with Gasteiger partial charge in [-0.15, -0.1) is 24.0 Å². The van der Waals surface area contributed by atoms with E-state index in [1.54, 1.807) is 0 Å². The predicted molar refractivity (Wildman–Crippen MR) is 104 cm³/mol. The van der Waals surface area contributed by atoms with E-state index in [-0.39, 0.29) is 41.8 Å². The maximum atomic E-state index is 12.4. The van der Waals surface area contributed by atoms with Crippen molar-refractivity contribution in [2.24, 2.45) is 4.99 Å². The number of halogens is 4. The lowest BCUT2D eigenvalue weighted by molar-refractivity contribution is -0.143. The summed E-state index contributed by atoms with van der Waals surface area (Å²) in [7, 11) is -3.03. The van der Waals surface area contributed by atoms with E-state index in [1.165, 1.54) is 11.2 Å². The van der Waals surface area contributed by atoms with Gasteiger partial charge in [0, 0.05) is 38.0 Å². The van der Waals surface area contributed by atoms with Crippen LogP contribution in [0.3, 0.4) is 0 Å². The second kappa shape index (κ2) is 10.8. The van der Waals surface area contributed by atoms with Crippen LogP contribution in [0, 0.1) is 0 Å². The SMILES string of the molecule is CCN=C(NC(C)CCS(C)(=O)=O)NC1CCN(CC(F)(F)F)C1.I. The summed E-state index contributed by atoms with van der Waals surface area (Å²) < 4.78 is 59.7. The normalized spacial score (nSPS) is 20.9. The zero-order valence-corrected chi connectivity index (χ0v) is 17.9. The number of nitrogens with zero attached hydrogens (tertiary/aromatic N) is 2. The average molecular weight is 500 g/mol. The highest BCUT2D eigenvalue weighted by atomic mass is 127. The number of nitrogens with one attached hydrogen (secondary N) is 2. The summed E-state index contributed by atoms with van der Waals surface area (Å²) in [4.78, 5) is 5.65. The van der Waals surface area contributed by atoms with Gasteiger partial charge < -0.3 is 10.6 Å². The minimum absolute atomic E-state index is 0. The van der Waals surface area contributed by atoms with Crippen molar-refractivity contribution in [2.45, 2.75) is 44.9 Å². The lowest BCUT2D eigenvalue weighted by Gasteiger charge is -2.22. The number of sulfone groups is 1. The minimum atomic E-state index is -4.19. The summed E-state index contributed by atoms with van der Waals surface area (Å²) in [5.74, 6) is 0.584. The van der Waals surface area contributed by atoms with E-state index in [2.05, 4.69) is 15.6 Å². The van der Waals surface area contributed by atoms with Gasteiger partial charge in [0.1, 0.15) is 9.84 Å². The number of rotatable bonds is 7. The van der Waals surface area contributed by atoms with Gasteiger partial charge in [0.2, 0.25) is 0 Å². The first-order valence-electron chi connectivity index (χ1n) is 8.03. The molecule has 0 spiro atoms. The first kappa shape index (κ1) is 24.7. The smallest absolute Gasteiger partial charge is 0.354 e. The van der Waals surface area contributed by atoms with Gasteiger partial charge in [0.15, 0.2) is 5.96 Å². The Balaban J connectivity index is 0.00000576. The van der Waals surface area contributed by atoms with E-state index < -0.39 is 22.6 Å². The Kier molecular flexibility index (Phi) is 10.6. The third kappa shape index (κ3) is 11.8. The molecule has 25 heavy (non-hydrogen) atoms. The minimum Gasteiger partial charge on any atom is -0.354 e. The van der Waals surface area contributed by atoms with Gasteiger partial charge in [-0.25, -0.2) is 8.42 Å². The van der Waals surface area contributed by atoms with E-state index in [0.717, 1.165) is 0 Å². The molecule has 0 aromatic carbocycles. The molecule has 11 heteroatoms. The monoisotopic (exact) mass is 500 g/mol. The molecule has 0 saturated carbocycles. The molecular formula is C14H28F3IN4O2S. The van der Waals surface area contributed by atoms with Crippen LogP contribution in [0.15, 0.2) is 4.99 Å². The van der Waals surface area contributed by atoms with Crippen LogP contribution in [-0.2, 0) is 9.84 Å². The Bertz CT molecular complexity index is 529. The Morgan fingerprint density at radius 2 is 2.04 bits per heavy atom. The Labute approximate surface area is 164 Å². The number of guanidine groups is 1. The van der Waals surface area contributed by atoms with Crippen LogP contribution in [-0.4, -0.2) is 75.7 Å². The van der Waals surface area contributed by atoms with E-state index in [0.29, 0.717) is 38.4 Å². The van der Waals surface area contributed by atoms with E-state index in [1.807, 2.05) is 13.8 Å². The molecule has 1 rings (SSSR count). The van der Waals surface area contributed by atoms with E-state index >= 15 is 0 Å². The van der Waals surface area contributed by atoms with E-state index in [4.69, 9.17) is 0 Å². The summed E-state index contributed by atoms with van der Waals surface area (Å²) in [6.45, 7) is 4.02. The van der Waals surface area contributed by atoms with Crippen LogP contribution in [0.5, 0.6) is 0 Å². The van der Waals surface area contributed by atoms with Gasteiger partial charge in [-0.1, -0.05) is 0 Å². The van der Waals surface area contributed by atoms with Crippen molar-refractivity contribution in [1.82, 2.24) is 15.5 Å². The zero-order valence-electron chi connectivity index (χ0n) is 14.8. The first-order valence-corrected chi connectivity index (χ1v) is 10.1. The summed E-state index contributed by atoms with van der Waals surface area (Å²) in [6, 6.07) is -0.211. The molecule has 1 saturated heterocycles. The van der Waals surface area contributed by atoms with Crippen molar-refractivity contribution >= 4 is 39.8 Å². The molecular weight excluding hydrogens is 472 g/mol. The van der Waals surface area contributed by atoms with Gasteiger partial charge in [0.05, 0.1) is 12.3 Å². The van der Waals surface area contributed by atoms with Crippen LogP contribution in [0.2, 0.25) is 0 Å². The van der Waals surface area contributed by atoms with Crippen molar-refractivity contribution in [3.8, 4) is 0 Å². The molecule has 2 unspecified atom stereocenters. The van der Waals surface area contributed by atoms with Gasteiger partial charge in [-0.3, -0.25) is 9.89 Å². The molecule has 1 heterocycles. The van der Waals surface area contributed by atoms with Gasteiger partial charge >= 0.3 is 6.18 Å². The molecule has 0 aromatic heterocycles. The van der Waals surface area contributed by atoms with Crippen molar-refractivity contribution < 1.29 is 21.6 Å². The number of likely N-dealkylation sites (tertiary alicyclic amines) is 1. The van der Waals surface area contributed by atoms with Crippen LogP contribution in [0.1, 0.15) is 26.7 Å². The number of hydrogen-bond donors (Lipinski definition) is 2. The molecule has 0 bridgehead atoms. The summed E-state index contributed by atoms with van der Waals surface area (Å²) in [5, 5.41) is 6.26. The number of alkyl halides is 3. The highest BCUT2D eigenvalue weighted by Crippen LogP contribution is 2.19. The third-order valence-electron chi connectivity index (χ3n) is 3.64. The molecule has 1 aliphatic rings. The quantitative estimate of drug-likeness (QED) is 0.316. The Hall–Kier alpha value is -0.300. The Morgan fingerprint density at radius 1 is 1.40 bits per heavy atom. The highest BCUT2D eigenvalue weighted by molar-refractivity contribution is 14.0. The average Bonchev–Trinajstić information content (AvgIpc) is 2.80. The largest absolute Gasteiger partial charge is 0.401 e. The predicted octanol–water partition coefficient (Wildman–Crippen LogP) is 1.62. The second-order valence-electron chi connectivity index (χ2n) is 6.27. The molecule has 1 aliphatic heterocycles. The van der Waals surface area contributed by atoms with Gasteiger partial charge in [-0.05, 0) is 26.7 Å². The summed E-state index contributed by atoms with van der Waals surface area (Å²) >= 11 is 0. The highest BCUT2D eigenvalue weighted by Gasteiger charge is 2.34. The van der Waals surface area contributed by atoms with Crippen LogP contribution in [0.4, 0.5) is 13.2 Å². The van der Waals surface area contributed by atoms with Crippen molar-refractivity contribution in [3.63, 3.8) is 0 Å². The second-order valence-corrected chi connectivity index (χ2v) is 8.53. The van der Waals surface area contributed by atoms with Crippen molar-refractivity contribution in [3.05, 3.63) is 0 Å². The number of aliphatic imine (C=N–C) groups is 1. The lowest BCUT2D eigenvalue weighted by Crippen LogP contribution is -2.48.